The van der Waals surface area contributed by atoms with Crippen LogP contribution in [0, 0.1) is 19.8 Å². The summed E-state index contributed by atoms with van der Waals surface area (Å²) in [5.41, 5.74) is 7.06. The number of aryl methyl sites for hydroxylation is 2. The molecule has 1 saturated carbocycles. The van der Waals surface area contributed by atoms with Crippen molar-refractivity contribution in [1.29, 1.82) is 0 Å². The van der Waals surface area contributed by atoms with E-state index in [1.807, 2.05) is 41.0 Å². The molecule has 1 aromatic carbocycles. The quantitative estimate of drug-likeness (QED) is 0.307. The van der Waals surface area contributed by atoms with Crippen molar-refractivity contribution in [3.8, 4) is 16.9 Å². The average molecular weight is 495 g/mol. The van der Waals surface area contributed by atoms with Crippen molar-refractivity contribution in [2.75, 3.05) is 18.6 Å². The Morgan fingerprint density at radius 2 is 2.09 bits per heavy atom. The maximum Gasteiger partial charge on any atom is 0.165 e. The predicted molar refractivity (Wildman–Crippen MR) is 136 cm³/mol. The monoisotopic (exact) mass is 494 g/mol. The first-order chi connectivity index (χ1) is 16.5. The molecule has 8 heteroatoms. The average Bonchev–Trinajstić information content (AvgIpc) is 3.19. The van der Waals surface area contributed by atoms with Gasteiger partial charge in [0.25, 0.3) is 0 Å². The van der Waals surface area contributed by atoms with Crippen LogP contribution in [0.3, 0.4) is 0 Å². The standard InChI is InChI=1S/C26H27ClN4O2S/c1-15-8-19(34-14-15)11-30(10-17-4-5-17)26-21-12-33-13-23(21)28-25-24(16(2)29-31(25)26)20-7-6-18(32-3)9-22(20)27/h6-9,14,17H,4-5,10-13H2,1-3H3. The van der Waals surface area contributed by atoms with Gasteiger partial charge in [0.05, 0.1) is 48.8 Å². The van der Waals surface area contributed by atoms with Gasteiger partial charge in [0.2, 0.25) is 0 Å². The Bertz CT molecular complexity index is 1390. The zero-order valence-electron chi connectivity index (χ0n) is 19.6. The summed E-state index contributed by atoms with van der Waals surface area (Å²) >= 11 is 8.52. The Kier molecular flexibility index (Phi) is 5.51. The lowest BCUT2D eigenvalue weighted by molar-refractivity contribution is 0.133. The van der Waals surface area contributed by atoms with E-state index in [-0.39, 0.29) is 0 Å². The minimum absolute atomic E-state index is 0.522. The lowest BCUT2D eigenvalue weighted by atomic mass is 10.1. The molecule has 0 bridgehead atoms. The van der Waals surface area contributed by atoms with E-state index in [4.69, 9.17) is 31.2 Å². The van der Waals surface area contributed by atoms with Crippen LogP contribution < -0.4 is 9.64 Å². The molecule has 0 N–H and O–H groups in total. The molecular weight excluding hydrogens is 468 g/mol. The smallest absolute Gasteiger partial charge is 0.165 e. The molecule has 1 aliphatic carbocycles. The largest absolute Gasteiger partial charge is 0.497 e. The van der Waals surface area contributed by atoms with E-state index in [1.165, 1.54) is 23.3 Å². The Morgan fingerprint density at radius 1 is 1.24 bits per heavy atom. The van der Waals surface area contributed by atoms with E-state index in [2.05, 4.69) is 23.3 Å². The van der Waals surface area contributed by atoms with Gasteiger partial charge in [0.15, 0.2) is 5.65 Å². The number of aromatic nitrogens is 3. The van der Waals surface area contributed by atoms with Crippen LogP contribution in [0.2, 0.25) is 5.02 Å². The van der Waals surface area contributed by atoms with Crippen molar-refractivity contribution in [2.24, 2.45) is 5.92 Å². The fourth-order valence-electron chi connectivity index (χ4n) is 4.80. The summed E-state index contributed by atoms with van der Waals surface area (Å²) in [7, 11) is 1.65. The molecule has 0 amide bonds. The third-order valence-electron chi connectivity index (χ3n) is 6.63. The summed E-state index contributed by atoms with van der Waals surface area (Å²) in [6.07, 6.45) is 2.58. The number of halogens is 1. The minimum atomic E-state index is 0.522. The maximum atomic E-state index is 6.70. The fourth-order valence-corrected chi connectivity index (χ4v) is 5.96. The third kappa shape index (κ3) is 3.85. The first-order valence-corrected chi connectivity index (χ1v) is 12.9. The van der Waals surface area contributed by atoms with Crippen LogP contribution in [0.4, 0.5) is 5.82 Å². The van der Waals surface area contributed by atoms with Crippen molar-refractivity contribution >= 4 is 34.4 Å². The first-order valence-electron chi connectivity index (χ1n) is 11.6. The van der Waals surface area contributed by atoms with Gasteiger partial charge in [-0.15, -0.1) is 11.3 Å². The second-order valence-corrected chi connectivity index (χ2v) is 10.7. The van der Waals surface area contributed by atoms with Gasteiger partial charge >= 0.3 is 0 Å². The van der Waals surface area contributed by atoms with Gasteiger partial charge in [-0.05, 0) is 67.8 Å². The summed E-state index contributed by atoms with van der Waals surface area (Å²) < 4.78 is 13.3. The van der Waals surface area contributed by atoms with Crippen molar-refractivity contribution in [3.05, 3.63) is 62.1 Å². The highest BCUT2D eigenvalue weighted by Crippen LogP contribution is 2.40. The number of hydrogen-bond acceptors (Lipinski definition) is 6. The Labute approximate surface area is 208 Å². The number of anilines is 1. The minimum Gasteiger partial charge on any atom is -0.497 e. The molecule has 0 saturated heterocycles. The number of thiophene rings is 1. The molecule has 0 radical (unpaired) electrons. The summed E-state index contributed by atoms with van der Waals surface area (Å²) in [6.45, 7) is 7.15. The second-order valence-electron chi connectivity index (χ2n) is 9.31. The van der Waals surface area contributed by atoms with Crippen LogP contribution in [-0.2, 0) is 24.5 Å². The highest BCUT2D eigenvalue weighted by Gasteiger charge is 2.31. The summed E-state index contributed by atoms with van der Waals surface area (Å²) in [5.74, 6) is 2.57. The molecule has 4 aromatic rings. The lowest BCUT2D eigenvalue weighted by Gasteiger charge is -2.26. The summed E-state index contributed by atoms with van der Waals surface area (Å²) in [5, 5.41) is 7.87. The van der Waals surface area contributed by atoms with Crippen LogP contribution in [0.25, 0.3) is 16.8 Å². The number of rotatable bonds is 7. The summed E-state index contributed by atoms with van der Waals surface area (Å²) in [4.78, 5) is 8.90. The van der Waals surface area contributed by atoms with Crippen LogP contribution in [0.1, 0.15) is 40.2 Å². The van der Waals surface area contributed by atoms with Gasteiger partial charge < -0.3 is 14.4 Å². The van der Waals surface area contributed by atoms with Crippen molar-refractivity contribution in [2.45, 2.75) is 46.4 Å². The molecule has 6 rings (SSSR count). The Morgan fingerprint density at radius 3 is 2.79 bits per heavy atom. The number of benzene rings is 1. The van der Waals surface area contributed by atoms with Crippen molar-refractivity contribution in [1.82, 2.24) is 14.6 Å². The highest BCUT2D eigenvalue weighted by atomic mass is 35.5. The first kappa shape index (κ1) is 21.9. The Hall–Kier alpha value is -2.61. The molecule has 3 aromatic heterocycles. The van der Waals surface area contributed by atoms with Crippen LogP contribution in [0.15, 0.2) is 29.6 Å². The topological polar surface area (TPSA) is 51.9 Å². The van der Waals surface area contributed by atoms with Crippen molar-refractivity contribution in [3.63, 3.8) is 0 Å². The third-order valence-corrected chi connectivity index (χ3v) is 7.99. The number of ether oxygens (including phenoxy) is 2. The normalized spacial score (nSPS) is 15.2. The van der Waals surface area contributed by atoms with Gasteiger partial charge in [-0.1, -0.05) is 11.6 Å². The molecule has 4 heterocycles. The lowest BCUT2D eigenvalue weighted by Crippen LogP contribution is -2.28. The zero-order valence-corrected chi connectivity index (χ0v) is 21.2. The van der Waals surface area contributed by atoms with Gasteiger partial charge in [0, 0.05) is 22.5 Å². The van der Waals surface area contributed by atoms with Gasteiger partial charge in [-0.3, -0.25) is 0 Å². The van der Waals surface area contributed by atoms with Gasteiger partial charge in [-0.25, -0.2) is 4.98 Å². The number of nitrogens with zero attached hydrogens (tertiary/aromatic N) is 4. The molecule has 0 unspecified atom stereocenters. The number of fused-ring (bicyclic) bond motifs is 2. The molecule has 1 fully saturated rings. The molecule has 176 valence electrons. The fraction of sp³-hybridized carbons (Fsp3) is 0.385. The van der Waals surface area contributed by atoms with E-state index in [9.17, 15) is 0 Å². The van der Waals surface area contributed by atoms with E-state index in [0.29, 0.717) is 18.2 Å². The molecule has 0 atom stereocenters. The van der Waals surface area contributed by atoms with Crippen LogP contribution in [0.5, 0.6) is 5.75 Å². The maximum absolute atomic E-state index is 6.70. The second kappa shape index (κ2) is 8.56. The van der Waals surface area contributed by atoms with E-state index < -0.39 is 0 Å². The predicted octanol–water partition coefficient (Wildman–Crippen LogP) is 6.18. The molecule has 2 aliphatic rings. The van der Waals surface area contributed by atoms with Crippen LogP contribution in [-0.4, -0.2) is 28.3 Å². The molecule has 0 spiro atoms. The SMILES string of the molecule is COc1ccc(-c2c(C)nn3c(N(Cc4cc(C)cs4)CC4CC4)c4c(nc23)COC4)c(Cl)c1. The number of methoxy groups -OCH3 is 1. The van der Waals surface area contributed by atoms with E-state index in [0.717, 1.165) is 64.3 Å². The van der Waals surface area contributed by atoms with Gasteiger partial charge in [0.1, 0.15) is 11.6 Å². The van der Waals surface area contributed by atoms with Crippen molar-refractivity contribution < 1.29 is 9.47 Å². The van der Waals surface area contributed by atoms with Crippen LogP contribution >= 0.6 is 22.9 Å². The molecule has 34 heavy (non-hydrogen) atoms. The Balaban J connectivity index is 1.54. The molecular formula is C26H27ClN4O2S. The molecule has 6 nitrogen and oxygen atoms in total. The zero-order chi connectivity index (χ0) is 23.4. The van der Waals surface area contributed by atoms with Gasteiger partial charge in [-0.2, -0.15) is 9.61 Å². The van der Waals surface area contributed by atoms with E-state index >= 15 is 0 Å². The highest BCUT2D eigenvalue weighted by molar-refractivity contribution is 7.10. The summed E-state index contributed by atoms with van der Waals surface area (Å²) in [6, 6.07) is 8.05. The number of hydrogen-bond donors (Lipinski definition) is 0. The molecule has 1 aliphatic heterocycles. The van der Waals surface area contributed by atoms with E-state index in [1.54, 1.807) is 7.11 Å².